The van der Waals surface area contributed by atoms with Crippen molar-refractivity contribution in [3.8, 4) is 0 Å². The van der Waals surface area contributed by atoms with Crippen LogP contribution < -0.4 is 5.32 Å². The maximum atomic E-state index is 10.3. The van der Waals surface area contributed by atoms with Gasteiger partial charge in [-0.25, -0.2) is 9.46 Å². The Bertz CT molecular complexity index is 218. The highest BCUT2D eigenvalue weighted by molar-refractivity contribution is 7.44. The van der Waals surface area contributed by atoms with Crippen LogP contribution in [0, 0.1) is 0 Å². The lowest BCUT2D eigenvalue weighted by Crippen LogP contribution is -2.34. The van der Waals surface area contributed by atoms with Crippen LogP contribution in [-0.4, -0.2) is 48.2 Å². The van der Waals surface area contributed by atoms with Crippen LogP contribution in [0.4, 0.5) is 4.79 Å². The minimum absolute atomic E-state index is 0.265. The zero-order valence-corrected chi connectivity index (χ0v) is 12.0. The van der Waals surface area contributed by atoms with Gasteiger partial charge >= 0.3 is 6.09 Å². The predicted molar refractivity (Wildman–Crippen MR) is 68.0 cm³/mol. The monoisotopic (exact) mass is 266 g/mol. The molecule has 0 saturated heterocycles. The lowest BCUT2D eigenvalue weighted by molar-refractivity contribution is 0.180. The molecule has 0 bridgehead atoms. The van der Waals surface area contributed by atoms with E-state index in [1.807, 2.05) is 0 Å². The fraction of sp³-hybridized carbons (Fsp3) is 0.900. The topological polar surface area (TPSA) is 71.0 Å². The first-order valence-corrected chi connectivity index (χ1v) is 6.75. The van der Waals surface area contributed by atoms with Gasteiger partial charge in [-0.2, -0.15) is 0 Å². The van der Waals surface area contributed by atoms with Gasteiger partial charge in [0.05, 0.1) is 6.61 Å². The third-order valence-corrected chi connectivity index (χ3v) is 4.00. The fourth-order valence-corrected chi connectivity index (χ4v) is 2.90. The molecule has 0 aromatic heterocycles. The Morgan fingerprint density at radius 1 is 1.35 bits per heavy atom. The Balaban J connectivity index is 4.15. The number of carboxylic acid groups (broad SMARTS) is 1. The maximum Gasteiger partial charge on any atom is 0.404 e. The summed E-state index contributed by atoms with van der Waals surface area (Å²) in [4.78, 5) is 10.3. The molecule has 0 radical (unpaired) electrons. The summed E-state index contributed by atoms with van der Waals surface area (Å²) in [5.74, 6) is 0. The predicted octanol–water partition coefficient (Wildman–Crippen LogP) is 2.26. The van der Waals surface area contributed by atoms with Gasteiger partial charge in [0.15, 0.2) is 0 Å². The standard InChI is InChI=1S/C10H23N2O4P/c1-8(2)12(9(3)4)17(15-5)16-7-6-11-10(13)14/h8-9,11H,6-7H2,1-5H3,(H,13,14). The third-order valence-electron chi connectivity index (χ3n) is 1.98. The van der Waals surface area contributed by atoms with Crippen LogP contribution in [0.2, 0.25) is 0 Å². The van der Waals surface area contributed by atoms with Gasteiger partial charge in [0.25, 0.3) is 8.53 Å². The highest BCUT2D eigenvalue weighted by Gasteiger charge is 2.25. The highest BCUT2D eigenvalue weighted by atomic mass is 31.2. The first kappa shape index (κ1) is 16.6. The van der Waals surface area contributed by atoms with Gasteiger partial charge in [-0.1, -0.05) is 0 Å². The average molecular weight is 266 g/mol. The van der Waals surface area contributed by atoms with Crippen LogP contribution in [0.15, 0.2) is 0 Å². The van der Waals surface area contributed by atoms with Crippen molar-refractivity contribution in [2.75, 3.05) is 20.3 Å². The number of nitrogens with one attached hydrogen (secondary N) is 1. The Hall–Kier alpha value is -0.420. The Morgan fingerprint density at radius 3 is 2.24 bits per heavy atom. The number of hydrogen-bond donors (Lipinski definition) is 2. The molecule has 0 fully saturated rings. The molecule has 0 aliphatic rings. The summed E-state index contributed by atoms with van der Waals surface area (Å²) in [5, 5.41) is 10.7. The molecule has 0 aromatic rings. The number of nitrogens with zero attached hydrogens (tertiary/aromatic N) is 1. The van der Waals surface area contributed by atoms with E-state index >= 15 is 0 Å². The summed E-state index contributed by atoms with van der Waals surface area (Å²) in [6, 6.07) is 0.627. The van der Waals surface area contributed by atoms with E-state index in [1.165, 1.54) is 0 Å². The molecule has 1 atom stereocenters. The molecule has 0 spiro atoms. The summed E-state index contributed by atoms with van der Waals surface area (Å²) in [5.41, 5.74) is 0. The van der Waals surface area contributed by atoms with Crippen LogP contribution in [0.1, 0.15) is 27.7 Å². The quantitative estimate of drug-likeness (QED) is 0.521. The van der Waals surface area contributed by atoms with Gasteiger partial charge in [-0.3, -0.25) is 0 Å². The van der Waals surface area contributed by atoms with Crippen molar-refractivity contribution >= 4 is 14.6 Å². The fourth-order valence-electron chi connectivity index (χ4n) is 1.47. The van der Waals surface area contributed by atoms with E-state index in [2.05, 4.69) is 37.7 Å². The number of rotatable bonds is 8. The van der Waals surface area contributed by atoms with E-state index in [1.54, 1.807) is 7.11 Å². The summed E-state index contributed by atoms with van der Waals surface area (Å²) in [7, 11) is 0.474. The first-order valence-electron chi connectivity index (χ1n) is 5.62. The normalized spacial score (nSPS) is 13.4. The minimum atomic E-state index is -1.13. The van der Waals surface area contributed by atoms with Crippen molar-refractivity contribution in [3.63, 3.8) is 0 Å². The molecule has 0 heterocycles. The van der Waals surface area contributed by atoms with Crippen LogP contribution >= 0.6 is 8.53 Å². The van der Waals surface area contributed by atoms with Crippen LogP contribution in [0.5, 0.6) is 0 Å². The minimum Gasteiger partial charge on any atom is -0.465 e. The molecule has 1 amide bonds. The van der Waals surface area contributed by atoms with Crippen LogP contribution in [0.25, 0.3) is 0 Å². The lowest BCUT2D eigenvalue weighted by atomic mass is 10.3. The molecule has 0 aliphatic carbocycles. The first-order chi connectivity index (χ1) is 7.90. The number of hydrogen-bond acceptors (Lipinski definition) is 4. The Labute approximate surface area is 104 Å². The molecule has 6 nitrogen and oxygen atoms in total. The van der Waals surface area contributed by atoms with Gasteiger partial charge in [0.1, 0.15) is 0 Å². The molecule has 0 aromatic carbocycles. The smallest absolute Gasteiger partial charge is 0.404 e. The molecular formula is C10H23N2O4P. The van der Waals surface area contributed by atoms with Crippen molar-refractivity contribution in [2.45, 2.75) is 39.8 Å². The molecule has 0 aliphatic heterocycles. The SMILES string of the molecule is COP(OCCNC(=O)O)N(C(C)C)C(C)C. The van der Waals surface area contributed by atoms with Gasteiger partial charge in [-0.05, 0) is 27.7 Å². The third kappa shape index (κ3) is 6.78. The Kier molecular flexibility index (Phi) is 8.43. The Morgan fingerprint density at radius 2 is 1.88 bits per heavy atom. The molecular weight excluding hydrogens is 243 g/mol. The van der Waals surface area contributed by atoms with Crippen molar-refractivity contribution in [1.29, 1.82) is 0 Å². The van der Waals surface area contributed by atoms with E-state index in [-0.39, 0.29) is 6.54 Å². The van der Waals surface area contributed by atoms with Gasteiger partial charge < -0.3 is 19.5 Å². The molecule has 0 saturated carbocycles. The van der Waals surface area contributed by atoms with Crippen molar-refractivity contribution in [2.24, 2.45) is 0 Å². The van der Waals surface area contributed by atoms with E-state index in [0.717, 1.165) is 0 Å². The maximum absolute atomic E-state index is 10.3. The largest absolute Gasteiger partial charge is 0.465 e. The molecule has 7 heteroatoms. The summed E-state index contributed by atoms with van der Waals surface area (Å²) in [6.45, 7) is 8.88. The number of amides is 1. The molecule has 1 unspecified atom stereocenters. The summed E-state index contributed by atoms with van der Waals surface area (Å²) < 4.78 is 13.0. The zero-order valence-electron chi connectivity index (χ0n) is 11.1. The van der Waals surface area contributed by atoms with Crippen molar-refractivity contribution < 1.29 is 18.9 Å². The van der Waals surface area contributed by atoms with Gasteiger partial charge in [0, 0.05) is 25.7 Å². The van der Waals surface area contributed by atoms with Crippen molar-refractivity contribution in [1.82, 2.24) is 9.99 Å². The summed E-state index contributed by atoms with van der Waals surface area (Å²) in [6.07, 6.45) is -1.04. The zero-order chi connectivity index (χ0) is 13.4. The average Bonchev–Trinajstić information content (AvgIpc) is 2.20. The van der Waals surface area contributed by atoms with Crippen LogP contribution in [-0.2, 0) is 9.05 Å². The highest BCUT2D eigenvalue weighted by Crippen LogP contribution is 2.44. The molecule has 17 heavy (non-hydrogen) atoms. The second-order valence-corrected chi connectivity index (χ2v) is 5.61. The van der Waals surface area contributed by atoms with Gasteiger partial charge in [-0.15, -0.1) is 0 Å². The molecule has 0 rings (SSSR count). The number of carbonyl (C=O) groups is 1. The van der Waals surface area contributed by atoms with Gasteiger partial charge in [0.2, 0.25) is 0 Å². The van der Waals surface area contributed by atoms with E-state index in [0.29, 0.717) is 18.7 Å². The second kappa shape index (κ2) is 8.64. The van der Waals surface area contributed by atoms with E-state index in [9.17, 15) is 4.79 Å². The molecule has 2 N–H and O–H groups in total. The molecule has 102 valence electrons. The van der Waals surface area contributed by atoms with E-state index in [4.69, 9.17) is 14.2 Å². The van der Waals surface area contributed by atoms with E-state index < -0.39 is 14.6 Å². The summed E-state index contributed by atoms with van der Waals surface area (Å²) >= 11 is 0. The second-order valence-electron chi connectivity index (χ2n) is 4.05. The lowest BCUT2D eigenvalue weighted by Gasteiger charge is -2.34. The van der Waals surface area contributed by atoms with Crippen molar-refractivity contribution in [3.05, 3.63) is 0 Å². The van der Waals surface area contributed by atoms with Crippen LogP contribution in [0.3, 0.4) is 0 Å².